The van der Waals surface area contributed by atoms with Crippen LogP contribution in [-0.2, 0) is 12.7 Å². The molecule has 4 aromatic rings. The molecule has 37 heavy (non-hydrogen) atoms. The van der Waals surface area contributed by atoms with Gasteiger partial charge in [-0.15, -0.1) is 0 Å². The van der Waals surface area contributed by atoms with Crippen molar-refractivity contribution in [1.82, 2.24) is 25.0 Å². The van der Waals surface area contributed by atoms with Crippen LogP contribution in [0.15, 0.2) is 58.1 Å². The normalized spacial score (nSPS) is 11.6. The van der Waals surface area contributed by atoms with Gasteiger partial charge in [-0.25, -0.2) is 9.78 Å². The lowest BCUT2D eigenvalue weighted by molar-refractivity contribution is -0.137. The van der Waals surface area contributed by atoms with E-state index in [1.807, 2.05) is 26.1 Å². The molecule has 0 saturated heterocycles. The van der Waals surface area contributed by atoms with Gasteiger partial charge in [-0.05, 0) is 56.8 Å². The third-order valence-electron chi connectivity index (χ3n) is 5.67. The number of likely N-dealkylation sites (N-methyl/N-ethyl adjacent to an activating group) is 1. The molecule has 0 bridgehead atoms. The van der Waals surface area contributed by atoms with Crippen molar-refractivity contribution >= 4 is 11.5 Å². The Morgan fingerprint density at radius 3 is 2.54 bits per heavy atom. The molecule has 0 aliphatic rings. The Morgan fingerprint density at radius 1 is 1.16 bits per heavy atom. The number of halogens is 3. The van der Waals surface area contributed by atoms with Crippen molar-refractivity contribution in [2.75, 3.05) is 25.5 Å². The molecule has 12 heteroatoms. The molecule has 0 amide bonds. The second-order valence-electron chi connectivity index (χ2n) is 8.47. The molecule has 3 aromatic heterocycles. The lowest BCUT2D eigenvalue weighted by atomic mass is 10.1. The summed E-state index contributed by atoms with van der Waals surface area (Å²) in [6.07, 6.45) is -0.938. The van der Waals surface area contributed by atoms with Gasteiger partial charge in [0, 0.05) is 42.4 Å². The molecule has 194 valence electrons. The van der Waals surface area contributed by atoms with Crippen LogP contribution in [-0.4, -0.2) is 45.2 Å². The van der Waals surface area contributed by atoms with Gasteiger partial charge in [0.2, 0.25) is 0 Å². The SMILES string of the molecule is Cc1nc(Nc2ccc(C(F)(F)F)cc2)c(-c2noc(=O)[nH]2)c(OCCN(C)Cc2cccnc2)c1C. The predicted molar refractivity (Wildman–Crippen MR) is 131 cm³/mol. The molecule has 0 fully saturated rings. The summed E-state index contributed by atoms with van der Waals surface area (Å²) < 4.78 is 49.8. The maximum Gasteiger partial charge on any atom is 0.439 e. The molecule has 0 saturated carbocycles. The highest BCUT2D eigenvalue weighted by Crippen LogP contribution is 2.39. The first-order valence-corrected chi connectivity index (χ1v) is 11.3. The van der Waals surface area contributed by atoms with Crippen LogP contribution in [0.2, 0.25) is 0 Å². The van der Waals surface area contributed by atoms with Crippen LogP contribution in [0, 0.1) is 13.8 Å². The third-order valence-corrected chi connectivity index (χ3v) is 5.67. The zero-order valence-electron chi connectivity index (χ0n) is 20.4. The summed E-state index contributed by atoms with van der Waals surface area (Å²) in [5.41, 5.74) is 2.31. The number of aromatic nitrogens is 4. The van der Waals surface area contributed by atoms with Crippen molar-refractivity contribution in [3.63, 3.8) is 0 Å². The standard InChI is InChI=1S/C25H25F3N6O3/c1-15-16(2)30-22(31-19-8-6-18(7-9-19)25(26,27)28)20(23-32-24(35)37-33-23)21(15)36-12-11-34(3)14-17-5-4-10-29-13-17/h4-10,13H,11-12,14H2,1-3H3,(H,30,31)(H,32,33,35). The number of aryl methyl sites for hydroxylation is 1. The Morgan fingerprint density at radius 2 is 1.92 bits per heavy atom. The number of hydrogen-bond donors (Lipinski definition) is 2. The van der Waals surface area contributed by atoms with Gasteiger partial charge >= 0.3 is 11.9 Å². The van der Waals surface area contributed by atoms with Gasteiger partial charge in [-0.3, -0.25) is 19.4 Å². The molecule has 2 N–H and O–H groups in total. The zero-order valence-corrected chi connectivity index (χ0v) is 20.4. The van der Waals surface area contributed by atoms with E-state index in [1.165, 1.54) is 12.1 Å². The van der Waals surface area contributed by atoms with E-state index in [9.17, 15) is 18.0 Å². The van der Waals surface area contributed by atoms with Gasteiger partial charge in [0.25, 0.3) is 0 Å². The first-order chi connectivity index (χ1) is 17.6. The monoisotopic (exact) mass is 514 g/mol. The second-order valence-corrected chi connectivity index (χ2v) is 8.47. The van der Waals surface area contributed by atoms with Gasteiger partial charge in [0.15, 0.2) is 5.82 Å². The second kappa shape index (κ2) is 10.8. The van der Waals surface area contributed by atoms with E-state index in [2.05, 4.69) is 30.3 Å². The van der Waals surface area contributed by atoms with Crippen molar-refractivity contribution in [2.24, 2.45) is 0 Å². The van der Waals surface area contributed by atoms with Crippen molar-refractivity contribution in [3.8, 4) is 17.1 Å². The van der Waals surface area contributed by atoms with Crippen LogP contribution < -0.4 is 15.8 Å². The summed E-state index contributed by atoms with van der Waals surface area (Å²) in [6, 6.07) is 8.39. The summed E-state index contributed by atoms with van der Waals surface area (Å²) in [5.74, 6) is -0.0306. The molecule has 0 unspecified atom stereocenters. The number of nitrogens with one attached hydrogen (secondary N) is 2. The minimum atomic E-state index is -4.45. The van der Waals surface area contributed by atoms with Crippen LogP contribution in [0.1, 0.15) is 22.4 Å². The molecular formula is C25H25F3N6O3. The number of aromatic amines is 1. The highest BCUT2D eigenvalue weighted by Gasteiger charge is 2.30. The maximum absolute atomic E-state index is 13.0. The van der Waals surface area contributed by atoms with Crippen LogP contribution in [0.3, 0.4) is 0 Å². The number of rotatable bonds is 9. The molecule has 3 heterocycles. The molecule has 0 atom stereocenters. The highest BCUT2D eigenvalue weighted by molar-refractivity contribution is 5.81. The van der Waals surface area contributed by atoms with E-state index in [0.717, 1.165) is 17.7 Å². The van der Waals surface area contributed by atoms with E-state index in [4.69, 9.17) is 9.26 Å². The molecule has 0 spiro atoms. The average Bonchev–Trinajstić information content (AvgIpc) is 3.28. The van der Waals surface area contributed by atoms with Crippen LogP contribution in [0.25, 0.3) is 11.4 Å². The Hall–Kier alpha value is -4.19. The fourth-order valence-electron chi connectivity index (χ4n) is 3.66. The predicted octanol–water partition coefficient (Wildman–Crippen LogP) is 4.71. The third kappa shape index (κ3) is 6.33. The Labute approximate surface area is 210 Å². The summed E-state index contributed by atoms with van der Waals surface area (Å²) in [6.45, 7) is 5.16. The van der Waals surface area contributed by atoms with Gasteiger partial charge in [0.05, 0.1) is 5.56 Å². The molecule has 4 rings (SSSR count). The smallest absolute Gasteiger partial charge is 0.439 e. The van der Waals surface area contributed by atoms with E-state index in [-0.39, 0.29) is 11.6 Å². The fourth-order valence-corrected chi connectivity index (χ4v) is 3.66. The topological polar surface area (TPSA) is 109 Å². The van der Waals surface area contributed by atoms with Gasteiger partial charge in [0.1, 0.15) is 23.7 Å². The molecule has 1 aromatic carbocycles. The molecule has 0 aliphatic heterocycles. The average molecular weight is 515 g/mol. The summed E-state index contributed by atoms with van der Waals surface area (Å²) >= 11 is 0. The molecule has 0 radical (unpaired) electrons. The minimum absolute atomic E-state index is 0.0775. The molecule has 9 nitrogen and oxygen atoms in total. The first-order valence-electron chi connectivity index (χ1n) is 11.3. The van der Waals surface area contributed by atoms with Crippen molar-refractivity contribution in [3.05, 3.63) is 81.7 Å². The fraction of sp³-hybridized carbons (Fsp3) is 0.280. The number of pyridine rings is 2. The lowest BCUT2D eigenvalue weighted by Crippen LogP contribution is -2.24. The largest absolute Gasteiger partial charge is 0.491 e. The van der Waals surface area contributed by atoms with E-state index in [0.29, 0.717) is 48.0 Å². The van der Waals surface area contributed by atoms with Gasteiger partial charge < -0.3 is 10.1 Å². The quantitative estimate of drug-likeness (QED) is 0.331. The zero-order chi connectivity index (χ0) is 26.6. The number of nitrogens with zero attached hydrogens (tertiary/aromatic N) is 4. The number of alkyl halides is 3. The lowest BCUT2D eigenvalue weighted by Gasteiger charge is -2.21. The summed E-state index contributed by atoms with van der Waals surface area (Å²) in [4.78, 5) is 25.0. The van der Waals surface area contributed by atoms with Gasteiger partial charge in [-0.2, -0.15) is 13.2 Å². The summed E-state index contributed by atoms with van der Waals surface area (Å²) in [5, 5.41) is 6.82. The summed E-state index contributed by atoms with van der Waals surface area (Å²) in [7, 11) is 1.95. The van der Waals surface area contributed by atoms with Crippen molar-refractivity contribution in [2.45, 2.75) is 26.6 Å². The highest BCUT2D eigenvalue weighted by atomic mass is 19.4. The number of H-pyrrole nitrogens is 1. The number of hydrogen-bond acceptors (Lipinski definition) is 8. The number of anilines is 2. The Balaban J connectivity index is 1.62. The first kappa shape index (κ1) is 25.9. The minimum Gasteiger partial charge on any atom is -0.491 e. The van der Waals surface area contributed by atoms with Crippen molar-refractivity contribution < 1.29 is 22.4 Å². The molecular weight excluding hydrogens is 489 g/mol. The maximum atomic E-state index is 13.0. The van der Waals surface area contributed by atoms with E-state index in [1.54, 1.807) is 19.3 Å². The van der Waals surface area contributed by atoms with Gasteiger partial charge in [-0.1, -0.05) is 11.2 Å². The Bertz CT molecular complexity index is 1400. The van der Waals surface area contributed by atoms with E-state index >= 15 is 0 Å². The number of ether oxygens (including phenoxy) is 1. The number of benzene rings is 1. The molecule has 0 aliphatic carbocycles. The van der Waals surface area contributed by atoms with Crippen LogP contribution in [0.5, 0.6) is 5.75 Å². The Kier molecular flexibility index (Phi) is 7.58. The van der Waals surface area contributed by atoms with Crippen LogP contribution in [0.4, 0.5) is 24.7 Å². The van der Waals surface area contributed by atoms with Crippen molar-refractivity contribution in [1.29, 1.82) is 0 Å². The van der Waals surface area contributed by atoms with E-state index < -0.39 is 17.5 Å². The van der Waals surface area contributed by atoms with Crippen LogP contribution >= 0.6 is 0 Å².